The summed E-state index contributed by atoms with van der Waals surface area (Å²) in [6.45, 7) is 0. The largest absolute Gasteiger partial charge is 0.451 e. The third kappa shape index (κ3) is 2.79. The molecule has 21 heavy (non-hydrogen) atoms. The summed E-state index contributed by atoms with van der Waals surface area (Å²) in [7, 11) is 0. The van der Waals surface area contributed by atoms with Gasteiger partial charge in [0.25, 0.3) is 5.91 Å². The molecule has 0 atom stereocenters. The first-order chi connectivity index (χ1) is 10.1. The van der Waals surface area contributed by atoms with Crippen molar-refractivity contribution in [2.45, 2.75) is 0 Å². The highest BCUT2D eigenvalue weighted by atomic mass is 79.9. The van der Waals surface area contributed by atoms with Crippen LogP contribution < -0.4 is 5.32 Å². The third-order valence-electron chi connectivity index (χ3n) is 2.93. The standard InChI is InChI=1S/C15H8BrCl2NO2/c16-9-3-1-6-12-8(9)7-13(21-12)15(20)19-11-5-2-4-10(17)14(11)18/h1-7H,(H,19,20). The Bertz CT molecular complexity index is 845. The molecule has 0 aliphatic rings. The fraction of sp³-hybridized carbons (Fsp3) is 0. The number of halogens is 3. The molecular weight excluding hydrogens is 377 g/mol. The molecule has 0 fully saturated rings. The van der Waals surface area contributed by atoms with E-state index in [2.05, 4.69) is 21.2 Å². The van der Waals surface area contributed by atoms with Crippen molar-refractivity contribution in [2.24, 2.45) is 0 Å². The molecule has 1 heterocycles. The van der Waals surface area contributed by atoms with Crippen molar-refractivity contribution in [3.8, 4) is 0 Å². The Morgan fingerprint density at radius 2 is 1.90 bits per heavy atom. The highest BCUT2D eigenvalue weighted by Crippen LogP contribution is 2.31. The number of carbonyl (C=O) groups is 1. The fourth-order valence-corrected chi connectivity index (χ4v) is 2.73. The van der Waals surface area contributed by atoms with E-state index in [1.807, 2.05) is 12.1 Å². The number of fused-ring (bicyclic) bond motifs is 1. The van der Waals surface area contributed by atoms with E-state index < -0.39 is 0 Å². The van der Waals surface area contributed by atoms with Gasteiger partial charge in [0, 0.05) is 9.86 Å². The lowest BCUT2D eigenvalue weighted by Gasteiger charge is -2.06. The van der Waals surface area contributed by atoms with E-state index in [-0.39, 0.29) is 11.7 Å². The molecule has 0 saturated heterocycles. The second-order valence-electron chi connectivity index (χ2n) is 4.32. The molecule has 2 aromatic carbocycles. The van der Waals surface area contributed by atoms with Crippen molar-refractivity contribution in [3.05, 3.63) is 62.7 Å². The first-order valence-corrected chi connectivity index (χ1v) is 7.54. The molecular formula is C15H8BrCl2NO2. The van der Waals surface area contributed by atoms with Crippen LogP contribution in [-0.4, -0.2) is 5.91 Å². The van der Waals surface area contributed by atoms with Crippen LogP contribution in [0.5, 0.6) is 0 Å². The highest BCUT2D eigenvalue weighted by Gasteiger charge is 2.15. The third-order valence-corrected chi connectivity index (χ3v) is 4.44. The second-order valence-corrected chi connectivity index (χ2v) is 5.96. The molecule has 0 unspecified atom stereocenters. The van der Waals surface area contributed by atoms with E-state index in [1.54, 1.807) is 30.3 Å². The van der Waals surface area contributed by atoms with Crippen LogP contribution in [-0.2, 0) is 0 Å². The van der Waals surface area contributed by atoms with Crippen LogP contribution in [0.1, 0.15) is 10.6 Å². The molecule has 3 aromatic rings. The minimum Gasteiger partial charge on any atom is -0.451 e. The number of amides is 1. The topological polar surface area (TPSA) is 42.2 Å². The number of hydrogen-bond acceptors (Lipinski definition) is 2. The van der Waals surface area contributed by atoms with Crippen molar-refractivity contribution in [3.63, 3.8) is 0 Å². The maximum atomic E-state index is 12.2. The van der Waals surface area contributed by atoms with Crippen LogP contribution in [0.3, 0.4) is 0 Å². The lowest BCUT2D eigenvalue weighted by atomic mass is 10.2. The predicted molar refractivity (Wildman–Crippen MR) is 88.3 cm³/mol. The van der Waals surface area contributed by atoms with Crippen molar-refractivity contribution in [1.82, 2.24) is 0 Å². The summed E-state index contributed by atoms with van der Waals surface area (Å²) >= 11 is 15.4. The van der Waals surface area contributed by atoms with Crippen LogP contribution >= 0.6 is 39.1 Å². The number of anilines is 1. The van der Waals surface area contributed by atoms with Crippen molar-refractivity contribution in [1.29, 1.82) is 0 Å². The molecule has 0 aliphatic heterocycles. The minimum absolute atomic E-state index is 0.202. The van der Waals surface area contributed by atoms with Gasteiger partial charge in [-0.3, -0.25) is 4.79 Å². The first kappa shape index (κ1) is 14.4. The Balaban J connectivity index is 1.94. The summed E-state index contributed by atoms with van der Waals surface area (Å²) in [4.78, 5) is 12.2. The Hall–Kier alpha value is -1.49. The quantitative estimate of drug-likeness (QED) is 0.610. The lowest BCUT2D eigenvalue weighted by molar-refractivity contribution is 0.0998. The van der Waals surface area contributed by atoms with Crippen LogP contribution in [0.2, 0.25) is 10.0 Å². The van der Waals surface area contributed by atoms with Gasteiger partial charge in [0.1, 0.15) is 5.58 Å². The second kappa shape index (κ2) is 5.72. The van der Waals surface area contributed by atoms with E-state index in [1.165, 1.54) is 0 Å². The molecule has 0 radical (unpaired) electrons. The van der Waals surface area contributed by atoms with Gasteiger partial charge >= 0.3 is 0 Å². The average Bonchev–Trinajstić information content (AvgIpc) is 2.89. The van der Waals surface area contributed by atoms with E-state index in [4.69, 9.17) is 27.6 Å². The minimum atomic E-state index is -0.387. The number of benzene rings is 2. The van der Waals surface area contributed by atoms with Gasteiger partial charge in [-0.2, -0.15) is 0 Å². The number of hydrogen-bond donors (Lipinski definition) is 1. The normalized spacial score (nSPS) is 10.8. The van der Waals surface area contributed by atoms with Gasteiger partial charge < -0.3 is 9.73 Å². The molecule has 0 bridgehead atoms. The molecule has 3 nitrogen and oxygen atoms in total. The highest BCUT2D eigenvalue weighted by molar-refractivity contribution is 9.10. The zero-order chi connectivity index (χ0) is 15.0. The lowest BCUT2D eigenvalue weighted by Crippen LogP contribution is -2.11. The summed E-state index contributed by atoms with van der Waals surface area (Å²) in [5.74, 6) is -0.185. The van der Waals surface area contributed by atoms with Crippen LogP contribution in [0.15, 0.2) is 51.4 Å². The van der Waals surface area contributed by atoms with Gasteiger partial charge in [0.15, 0.2) is 5.76 Å². The molecule has 0 aliphatic carbocycles. The maximum absolute atomic E-state index is 12.2. The van der Waals surface area contributed by atoms with Crippen LogP contribution in [0.25, 0.3) is 11.0 Å². The van der Waals surface area contributed by atoms with Crippen LogP contribution in [0.4, 0.5) is 5.69 Å². The Morgan fingerprint density at radius 3 is 2.67 bits per heavy atom. The summed E-state index contributed by atoms with van der Waals surface area (Å²) in [5.41, 5.74) is 1.07. The first-order valence-electron chi connectivity index (χ1n) is 5.99. The van der Waals surface area contributed by atoms with E-state index in [0.717, 1.165) is 9.86 Å². The smallest absolute Gasteiger partial charge is 0.291 e. The van der Waals surface area contributed by atoms with Crippen molar-refractivity contribution >= 4 is 61.7 Å². The monoisotopic (exact) mass is 383 g/mol. The van der Waals surface area contributed by atoms with Crippen LogP contribution in [0, 0.1) is 0 Å². The van der Waals surface area contributed by atoms with E-state index in [9.17, 15) is 4.79 Å². The number of carbonyl (C=O) groups excluding carboxylic acids is 1. The zero-order valence-corrected chi connectivity index (χ0v) is 13.6. The summed E-state index contributed by atoms with van der Waals surface area (Å²) < 4.78 is 6.40. The molecule has 0 spiro atoms. The Morgan fingerprint density at radius 1 is 1.14 bits per heavy atom. The Labute approximate surface area is 139 Å². The van der Waals surface area contributed by atoms with E-state index >= 15 is 0 Å². The van der Waals surface area contributed by atoms with Crippen molar-refractivity contribution in [2.75, 3.05) is 5.32 Å². The predicted octanol–water partition coefficient (Wildman–Crippen LogP) is 5.75. The van der Waals surface area contributed by atoms with Gasteiger partial charge in [-0.15, -0.1) is 0 Å². The number of nitrogens with one attached hydrogen (secondary N) is 1. The molecule has 1 aromatic heterocycles. The molecule has 0 saturated carbocycles. The average molecular weight is 385 g/mol. The van der Waals surface area contributed by atoms with Gasteiger partial charge in [0.05, 0.1) is 15.7 Å². The van der Waals surface area contributed by atoms with E-state index in [0.29, 0.717) is 21.3 Å². The zero-order valence-electron chi connectivity index (χ0n) is 10.5. The summed E-state index contributed by atoms with van der Waals surface area (Å²) in [5, 5.41) is 4.19. The van der Waals surface area contributed by atoms with Crippen molar-refractivity contribution < 1.29 is 9.21 Å². The van der Waals surface area contributed by atoms with Gasteiger partial charge in [-0.25, -0.2) is 0 Å². The molecule has 1 N–H and O–H groups in total. The maximum Gasteiger partial charge on any atom is 0.291 e. The molecule has 6 heteroatoms. The van der Waals surface area contributed by atoms with Gasteiger partial charge in [-0.05, 0) is 30.3 Å². The molecule has 1 amide bonds. The summed E-state index contributed by atoms with van der Waals surface area (Å²) in [6.07, 6.45) is 0. The summed E-state index contributed by atoms with van der Waals surface area (Å²) in [6, 6.07) is 12.2. The fourth-order valence-electron chi connectivity index (χ4n) is 1.92. The number of rotatable bonds is 2. The SMILES string of the molecule is O=C(Nc1cccc(Cl)c1Cl)c1cc2c(Br)cccc2o1. The molecule has 106 valence electrons. The Kier molecular flexibility index (Phi) is 3.93. The van der Waals surface area contributed by atoms with Gasteiger partial charge in [-0.1, -0.05) is 51.3 Å². The molecule has 3 rings (SSSR count). The van der Waals surface area contributed by atoms with Gasteiger partial charge in [0.2, 0.25) is 0 Å². The number of furan rings is 1.